The largest absolute Gasteiger partial charge is 0.266 e. The lowest BCUT2D eigenvalue weighted by atomic mass is 10.1. The van der Waals surface area contributed by atoms with E-state index in [-0.39, 0.29) is 0 Å². The molecular weight excluding hydrogens is 287 g/mol. The maximum absolute atomic E-state index is 2.68. The smallest absolute Gasteiger partial charge is 0.0727 e. The highest BCUT2D eigenvalue weighted by atomic mass is 31.1. The molecule has 0 aliphatic carbocycles. The van der Waals surface area contributed by atoms with E-state index in [4.69, 9.17) is 0 Å². The van der Waals surface area contributed by atoms with E-state index in [1.54, 1.807) is 0 Å². The van der Waals surface area contributed by atoms with Gasteiger partial charge in [-0.05, 0) is 32.4 Å². The number of hydrogen-bond acceptors (Lipinski definition) is 2. The Morgan fingerprint density at radius 2 is 1.45 bits per heavy atom. The average Bonchev–Trinajstić information content (AvgIpc) is 3.10. The molecule has 0 bridgehead atoms. The quantitative estimate of drug-likeness (QED) is 0.754. The van der Waals surface area contributed by atoms with Crippen molar-refractivity contribution in [1.29, 1.82) is 0 Å². The highest BCUT2D eigenvalue weighted by Gasteiger charge is 2.30. The van der Waals surface area contributed by atoms with Crippen molar-refractivity contribution in [3.63, 3.8) is 0 Å². The maximum atomic E-state index is 2.68. The fourth-order valence-corrected chi connectivity index (χ4v) is 5.76. The second-order valence-corrected chi connectivity index (χ2v) is 8.24. The van der Waals surface area contributed by atoms with Gasteiger partial charge in [0.2, 0.25) is 0 Å². The molecule has 3 heteroatoms. The molecule has 0 radical (unpaired) electrons. The van der Waals surface area contributed by atoms with Crippen LogP contribution in [0.15, 0.2) is 60.7 Å². The van der Waals surface area contributed by atoms with Crippen LogP contribution in [0.4, 0.5) is 0 Å². The molecule has 0 saturated carbocycles. The Kier molecular flexibility index (Phi) is 5.25. The number of hydrogen-bond donors (Lipinski definition) is 0. The lowest BCUT2D eigenvalue weighted by molar-refractivity contribution is 0.404. The van der Waals surface area contributed by atoms with E-state index in [0.717, 1.165) is 0 Å². The lowest BCUT2D eigenvalue weighted by Crippen LogP contribution is -2.31. The summed E-state index contributed by atoms with van der Waals surface area (Å²) >= 11 is 0. The van der Waals surface area contributed by atoms with Gasteiger partial charge in [0.05, 0.1) is 8.22 Å². The second kappa shape index (κ2) is 7.37. The Balaban J connectivity index is 1.88. The molecule has 0 spiro atoms. The van der Waals surface area contributed by atoms with Crippen LogP contribution in [0.5, 0.6) is 0 Å². The van der Waals surface area contributed by atoms with E-state index in [1.807, 2.05) is 0 Å². The van der Waals surface area contributed by atoms with Gasteiger partial charge in [-0.2, -0.15) is 0 Å². The van der Waals surface area contributed by atoms with Crippen LogP contribution < -0.4 is 5.30 Å². The minimum Gasteiger partial charge on any atom is -0.266 e. The van der Waals surface area contributed by atoms with Gasteiger partial charge in [-0.25, -0.2) is 0 Å². The summed E-state index contributed by atoms with van der Waals surface area (Å²) in [5.41, 5.74) is 1.40. The van der Waals surface area contributed by atoms with Gasteiger partial charge in [0.25, 0.3) is 0 Å². The lowest BCUT2D eigenvalue weighted by Gasteiger charge is -2.38. The summed E-state index contributed by atoms with van der Waals surface area (Å²) in [7, 11) is 1.87. The van der Waals surface area contributed by atoms with Crippen LogP contribution in [-0.4, -0.2) is 29.5 Å². The highest BCUT2D eigenvalue weighted by molar-refractivity contribution is 7.61. The van der Waals surface area contributed by atoms with Gasteiger partial charge >= 0.3 is 0 Å². The molecule has 2 atom stereocenters. The van der Waals surface area contributed by atoms with E-state index in [2.05, 4.69) is 84.0 Å². The van der Waals surface area contributed by atoms with Crippen LogP contribution in [-0.2, 0) is 0 Å². The number of rotatable bonds is 5. The summed E-state index contributed by atoms with van der Waals surface area (Å²) in [4.78, 5) is 0. The molecular formula is C19H25N2P. The predicted molar refractivity (Wildman–Crippen MR) is 96.4 cm³/mol. The van der Waals surface area contributed by atoms with Crippen LogP contribution >= 0.6 is 8.22 Å². The number of benzene rings is 2. The summed E-state index contributed by atoms with van der Waals surface area (Å²) in [6.45, 7) is 4.78. The fourth-order valence-electron chi connectivity index (χ4n) is 3.11. The van der Waals surface area contributed by atoms with Gasteiger partial charge < -0.3 is 0 Å². The van der Waals surface area contributed by atoms with Crippen molar-refractivity contribution in [3.05, 3.63) is 66.2 Å². The monoisotopic (exact) mass is 312 g/mol. The minimum absolute atomic E-state index is 0.414. The molecule has 0 amide bonds. The summed E-state index contributed by atoms with van der Waals surface area (Å²) in [6.07, 6.45) is 2.67. The van der Waals surface area contributed by atoms with Crippen molar-refractivity contribution in [2.24, 2.45) is 0 Å². The third kappa shape index (κ3) is 3.41. The molecule has 3 rings (SSSR count). The topological polar surface area (TPSA) is 6.48 Å². The Labute approximate surface area is 135 Å². The zero-order valence-corrected chi connectivity index (χ0v) is 14.4. The summed E-state index contributed by atoms with van der Waals surface area (Å²) in [6, 6.07) is 22.3. The Morgan fingerprint density at radius 1 is 0.909 bits per heavy atom. The van der Waals surface area contributed by atoms with E-state index in [0.29, 0.717) is 6.04 Å². The molecule has 1 saturated heterocycles. The first kappa shape index (κ1) is 15.7. The molecule has 1 heterocycles. The summed E-state index contributed by atoms with van der Waals surface area (Å²) < 4.78 is 5.26. The molecule has 1 aliphatic heterocycles. The van der Waals surface area contributed by atoms with E-state index in [1.165, 1.54) is 36.8 Å². The molecule has 1 fully saturated rings. The molecule has 116 valence electrons. The summed E-state index contributed by atoms with van der Waals surface area (Å²) in [5, 5.41) is 1.46. The van der Waals surface area contributed by atoms with Crippen molar-refractivity contribution >= 4 is 13.5 Å². The van der Waals surface area contributed by atoms with Crippen LogP contribution in [0.3, 0.4) is 0 Å². The van der Waals surface area contributed by atoms with Gasteiger partial charge in [0.15, 0.2) is 0 Å². The predicted octanol–water partition coefficient (Wildman–Crippen LogP) is 4.41. The van der Waals surface area contributed by atoms with Crippen LogP contribution in [0.25, 0.3) is 0 Å². The Morgan fingerprint density at radius 3 is 2.05 bits per heavy atom. The molecule has 0 N–H and O–H groups in total. The van der Waals surface area contributed by atoms with Crippen molar-refractivity contribution in [1.82, 2.24) is 9.34 Å². The standard InChI is InChI=1S/C19H25N2P/c1-17(18-11-5-3-6-12-18)20(2)22(21-15-9-10-16-21)19-13-7-4-8-14-19/h3-8,11-14,17H,9-10,15-16H2,1-2H3. The van der Waals surface area contributed by atoms with Crippen molar-refractivity contribution in [2.45, 2.75) is 25.8 Å². The highest BCUT2D eigenvalue weighted by Crippen LogP contribution is 2.48. The molecule has 1 aliphatic rings. The van der Waals surface area contributed by atoms with Gasteiger partial charge in [-0.15, -0.1) is 0 Å². The normalized spacial score (nSPS) is 18.5. The molecule has 2 aromatic carbocycles. The zero-order valence-electron chi connectivity index (χ0n) is 13.5. The van der Waals surface area contributed by atoms with Gasteiger partial charge in [-0.1, -0.05) is 60.7 Å². The van der Waals surface area contributed by atoms with Gasteiger partial charge in [0, 0.05) is 24.4 Å². The van der Waals surface area contributed by atoms with E-state index in [9.17, 15) is 0 Å². The first-order valence-corrected chi connectivity index (χ1v) is 9.40. The molecule has 2 unspecified atom stereocenters. The van der Waals surface area contributed by atoms with Crippen LogP contribution in [0, 0.1) is 0 Å². The Hall–Kier alpha value is -1.21. The van der Waals surface area contributed by atoms with Crippen molar-refractivity contribution in [2.75, 3.05) is 20.1 Å². The van der Waals surface area contributed by atoms with Crippen molar-refractivity contribution < 1.29 is 0 Å². The zero-order chi connectivity index (χ0) is 15.4. The first-order chi connectivity index (χ1) is 10.8. The van der Waals surface area contributed by atoms with E-state index >= 15 is 0 Å². The minimum atomic E-state index is -0.414. The average molecular weight is 312 g/mol. The number of nitrogens with zero attached hydrogens (tertiary/aromatic N) is 2. The third-order valence-corrected chi connectivity index (χ3v) is 7.12. The molecule has 2 aromatic rings. The van der Waals surface area contributed by atoms with Gasteiger partial charge in [-0.3, -0.25) is 9.34 Å². The third-order valence-electron chi connectivity index (χ3n) is 4.48. The second-order valence-electron chi connectivity index (χ2n) is 5.95. The Bertz CT molecular complexity index is 567. The molecule has 0 aromatic heterocycles. The summed E-state index contributed by atoms with van der Waals surface area (Å²) in [5.74, 6) is 0. The van der Waals surface area contributed by atoms with Gasteiger partial charge in [0.1, 0.15) is 0 Å². The fraction of sp³-hybridized carbons (Fsp3) is 0.368. The molecule has 22 heavy (non-hydrogen) atoms. The maximum Gasteiger partial charge on any atom is 0.0727 e. The molecule has 2 nitrogen and oxygen atoms in total. The van der Waals surface area contributed by atoms with Crippen LogP contribution in [0.2, 0.25) is 0 Å². The van der Waals surface area contributed by atoms with Crippen LogP contribution in [0.1, 0.15) is 31.4 Å². The van der Waals surface area contributed by atoms with E-state index < -0.39 is 8.22 Å². The van der Waals surface area contributed by atoms with Crippen molar-refractivity contribution in [3.8, 4) is 0 Å². The SMILES string of the molecule is CC(c1ccccc1)N(C)P(c1ccccc1)N1CCCC1. The first-order valence-electron chi connectivity index (χ1n) is 8.15.